The third kappa shape index (κ3) is 6.04. The van der Waals surface area contributed by atoms with Crippen molar-refractivity contribution in [2.45, 2.75) is 10.4 Å². The van der Waals surface area contributed by atoms with Crippen LogP contribution in [0.4, 0.5) is 8.78 Å². The van der Waals surface area contributed by atoms with E-state index >= 15 is 0 Å². The summed E-state index contributed by atoms with van der Waals surface area (Å²) >= 11 is 19.8. The molecule has 0 N–H and O–H groups in total. The van der Waals surface area contributed by atoms with Crippen LogP contribution in [0.25, 0.3) is 0 Å². The lowest BCUT2D eigenvalue weighted by atomic mass is 10.3. The van der Waals surface area contributed by atoms with Gasteiger partial charge in [-0.1, -0.05) is 50.7 Å². The van der Waals surface area contributed by atoms with Crippen molar-refractivity contribution in [3.05, 3.63) is 52.1 Å². The van der Waals surface area contributed by atoms with Crippen LogP contribution in [0.5, 0.6) is 11.6 Å². The molecule has 23 heavy (non-hydrogen) atoms. The van der Waals surface area contributed by atoms with E-state index in [0.29, 0.717) is 10.2 Å². The van der Waals surface area contributed by atoms with E-state index < -0.39 is 15.4 Å². The summed E-state index contributed by atoms with van der Waals surface area (Å²) < 4.78 is 36.8. The Balaban J connectivity index is 2.11. The fourth-order valence-corrected chi connectivity index (χ4v) is 2.11. The van der Waals surface area contributed by atoms with Crippen LogP contribution in [0.2, 0.25) is 0 Å². The molecule has 0 fully saturated rings. The third-order valence-corrected chi connectivity index (χ3v) is 3.31. The molecule has 0 unspecified atom stereocenters. The molecule has 0 radical (unpaired) electrons. The first-order chi connectivity index (χ1) is 10.7. The number of nitrogens with zero attached hydrogens (tertiary/aromatic N) is 1. The van der Waals surface area contributed by atoms with Crippen LogP contribution in [0.1, 0.15) is 5.69 Å². The second kappa shape index (κ2) is 7.94. The standard InChI is InChI=1S/C14H9BrCl3F2NO2/c15-8-1-4-12(11(20)5-8)23-13-10(19)3-2-9(21-13)6-22-7-14(16,17)18/h1-5H,6-7H2. The maximum atomic E-state index is 13.8. The van der Waals surface area contributed by atoms with Crippen LogP contribution in [-0.4, -0.2) is 15.4 Å². The Labute approximate surface area is 154 Å². The zero-order chi connectivity index (χ0) is 17.0. The van der Waals surface area contributed by atoms with Crippen molar-refractivity contribution in [2.24, 2.45) is 0 Å². The van der Waals surface area contributed by atoms with E-state index in [0.717, 1.165) is 6.07 Å². The zero-order valence-electron chi connectivity index (χ0n) is 11.3. The molecule has 124 valence electrons. The van der Waals surface area contributed by atoms with E-state index in [-0.39, 0.29) is 24.8 Å². The zero-order valence-corrected chi connectivity index (χ0v) is 15.2. The molecule has 0 aliphatic heterocycles. The van der Waals surface area contributed by atoms with Crippen molar-refractivity contribution in [2.75, 3.05) is 6.61 Å². The highest BCUT2D eigenvalue weighted by atomic mass is 79.9. The van der Waals surface area contributed by atoms with E-state index in [2.05, 4.69) is 20.9 Å². The molecule has 2 aromatic rings. The molecule has 0 amide bonds. The number of pyridine rings is 1. The summed E-state index contributed by atoms with van der Waals surface area (Å²) in [4.78, 5) is 3.92. The van der Waals surface area contributed by atoms with E-state index in [1.807, 2.05) is 0 Å². The summed E-state index contributed by atoms with van der Waals surface area (Å²) in [7, 11) is 0. The fourth-order valence-electron chi connectivity index (χ4n) is 1.55. The molecule has 0 atom stereocenters. The Bertz CT molecular complexity index is 698. The molecule has 1 heterocycles. The van der Waals surface area contributed by atoms with E-state index in [4.69, 9.17) is 44.3 Å². The second-order valence-corrected chi connectivity index (χ2v) is 7.81. The van der Waals surface area contributed by atoms with Gasteiger partial charge in [-0.05, 0) is 30.3 Å². The highest BCUT2D eigenvalue weighted by Gasteiger charge is 2.20. The van der Waals surface area contributed by atoms with Gasteiger partial charge in [-0.15, -0.1) is 0 Å². The van der Waals surface area contributed by atoms with Gasteiger partial charge in [0, 0.05) is 4.47 Å². The van der Waals surface area contributed by atoms with Crippen LogP contribution in [-0.2, 0) is 11.3 Å². The number of hydrogen-bond acceptors (Lipinski definition) is 3. The minimum Gasteiger partial charge on any atom is -0.433 e. The Morgan fingerprint density at radius 3 is 2.48 bits per heavy atom. The van der Waals surface area contributed by atoms with E-state index in [1.165, 1.54) is 18.2 Å². The van der Waals surface area contributed by atoms with Gasteiger partial charge in [-0.25, -0.2) is 13.8 Å². The predicted molar refractivity (Wildman–Crippen MR) is 88.3 cm³/mol. The lowest BCUT2D eigenvalue weighted by Crippen LogP contribution is -2.13. The highest BCUT2D eigenvalue weighted by molar-refractivity contribution is 9.10. The van der Waals surface area contributed by atoms with Crippen LogP contribution in [0, 0.1) is 11.6 Å². The van der Waals surface area contributed by atoms with E-state index in [9.17, 15) is 8.78 Å². The first-order valence-electron chi connectivity index (χ1n) is 6.17. The number of alkyl halides is 3. The second-order valence-electron chi connectivity index (χ2n) is 4.37. The molecule has 1 aromatic heterocycles. The number of ether oxygens (including phenoxy) is 2. The quantitative estimate of drug-likeness (QED) is 0.543. The van der Waals surface area contributed by atoms with Crippen molar-refractivity contribution in [1.82, 2.24) is 4.98 Å². The van der Waals surface area contributed by atoms with Gasteiger partial charge in [0.1, 0.15) is 0 Å². The Kier molecular flexibility index (Phi) is 6.45. The molecule has 9 heteroatoms. The molecule has 0 aliphatic carbocycles. The molecule has 2 rings (SSSR count). The van der Waals surface area contributed by atoms with Crippen molar-refractivity contribution >= 4 is 50.7 Å². The Morgan fingerprint density at radius 1 is 1.09 bits per heavy atom. The van der Waals surface area contributed by atoms with Gasteiger partial charge >= 0.3 is 0 Å². The van der Waals surface area contributed by atoms with Gasteiger partial charge in [0.05, 0.1) is 18.9 Å². The van der Waals surface area contributed by atoms with E-state index in [1.54, 1.807) is 6.07 Å². The van der Waals surface area contributed by atoms with Gasteiger partial charge in [0.15, 0.2) is 17.4 Å². The molecule has 1 aromatic carbocycles. The minimum atomic E-state index is -1.56. The minimum absolute atomic E-state index is 0.0205. The van der Waals surface area contributed by atoms with Gasteiger partial charge in [0.2, 0.25) is 3.79 Å². The number of rotatable bonds is 5. The van der Waals surface area contributed by atoms with Crippen molar-refractivity contribution in [1.29, 1.82) is 0 Å². The predicted octanol–water partition coefficient (Wildman–Crippen LogP) is 5.80. The van der Waals surface area contributed by atoms with Crippen molar-refractivity contribution in [3.63, 3.8) is 0 Å². The first-order valence-corrected chi connectivity index (χ1v) is 8.10. The maximum Gasteiger partial charge on any atom is 0.256 e. The van der Waals surface area contributed by atoms with Gasteiger partial charge in [0.25, 0.3) is 5.88 Å². The average Bonchev–Trinajstić information content (AvgIpc) is 2.44. The maximum absolute atomic E-state index is 13.8. The Morgan fingerprint density at radius 2 is 1.83 bits per heavy atom. The number of aromatic nitrogens is 1. The van der Waals surface area contributed by atoms with Crippen LogP contribution < -0.4 is 4.74 Å². The van der Waals surface area contributed by atoms with Gasteiger partial charge in [-0.3, -0.25) is 0 Å². The monoisotopic (exact) mass is 445 g/mol. The summed E-state index contributed by atoms with van der Waals surface area (Å²) in [5.41, 5.74) is 0.341. The van der Waals surface area contributed by atoms with Gasteiger partial charge in [-0.2, -0.15) is 0 Å². The highest BCUT2D eigenvalue weighted by Crippen LogP contribution is 2.28. The molecule has 0 bridgehead atoms. The lowest BCUT2D eigenvalue weighted by molar-refractivity contribution is 0.122. The summed E-state index contributed by atoms with van der Waals surface area (Å²) in [6.45, 7) is -0.179. The molecular formula is C14H9BrCl3F2NO2. The SMILES string of the molecule is Fc1cc(Br)ccc1Oc1nc(COCC(Cl)(Cl)Cl)ccc1F. The normalized spacial score (nSPS) is 11.6. The average molecular weight is 447 g/mol. The van der Waals surface area contributed by atoms with Crippen molar-refractivity contribution < 1.29 is 18.3 Å². The fraction of sp³-hybridized carbons (Fsp3) is 0.214. The smallest absolute Gasteiger partial charge is 0.256 e. The summed E-state index contributed by atoms with van der Waals surface area (Å²) in [5, 5.41) is 0. The largest absolute Gasteiger partial charge is 0.433 e. The number of benzene rings is 1. The van der Waals surface area contributed by atoms with Crippen LogP contribution in [0.15, 0.2) is 34.8 Å². The van der Waals surface area contributed by atoms with Crippen LogP contribution >= 0.6 is 50.7 Å². The molecule has 0 saturated heterocycles. The molecular weight excluding hydrogens is 438 g/mol. The molecule has 0 aliphatic rings. The number of hydrogen-bond donors (Lipinski definition) is 0. The summed E-state index contributed by atoms with van der Waals surface area (Å²) in [5.74, 6) is -1.92. The summed E-state index contributed by atoms with van der Waals surface area (Å²) in [6.07, 6.45) is 0. The number of halogens is 6. The van der Waals surface area contributed by atoms with Gasteiger partial charge < -0.3 is 9.47 Å². The third-order valence-electron chi connectivity index (χ3n) is 2.49. The molecule has 3 nitrogen and oxygen atoms in total. The van der Waals surface area contributed by atoms with Crippen LogP contribution in [0.3, 0.4) is 0 Å². The summed E-state index contributed by atoms with van der Waals surface area (Å²) in [6, 6.07) is 6.63. The lowest BCUT2D eigenvalue weighted by Gasteiger charge is -2.12. The first kappa shape index (κ1) is 18.7. The molecule has 0 saturated carbocycles. The van der Waals surface area contributed by atoms with Crippen molar-refractivity contribution in [3.8, 4) is 11.6 Å². The molecule has 0 spiro atoms. The topological polar surface area (TPSA) is 31.4 Å². The Hall–Kier alpha value is -0.660.